The second-order valence-corrected chi connectivity index (χ2v) is 6.76. The molecule has 0 aromatic heterocycles. The van der Waals surface area contributed by atoms with E-state index in [0.717, 1.165) is 6.42 Å². The molecule has 82 valence electrons. The van der Waals surface area contributed by atoms with Crippen LogP contribution >= 0.6 is 15.9 Å². The first kappa shape index (κ1) is 12.0. The van der Waals surface area contributed by atoms with Crippen LogP contribution in [0.15, 0.2) is 0 Å². The number of alkyl halides is 1. The minimum absolute atomic E-state index is 0.00222. The highest BCUT2D eigenvalue weighted by molar-refractivity contribution is 9.10. The largest absolute Gasteiger partial charge is 0.340 e. The van der Waals surface area contributed by atoms with Crippen LogP contribution in [0.3, 0.4) is 0 Å². The van der Waals surface area contributed by atoms with Gasteiger partial charge in [-0.15, -0.1) is 0 Å². The first-order chi connectivity index (χ1) is 6.46. The van der Waals surface area contributed by atoms with Crippen molar-refractivity contribution in [3.8, 4) is 0 Å². The fourth-order valence-corrected chi connectivity index (χ4v) is 2.80. The molecule has 1 atom stereocenters. The van der Waals surface area contributed by atoms with Crippen molar-refractivity contribution in [3.05, 3.63) is 0 Å². The smallest absolute Gasteiger partial charge is 0.236 e. The molecule has 0 spiro atoms. The van der Waals surface area contributed by atoms with E-state index in [1.807, 2.05) is 6.92 Å². The molecule has 0 radical (unpaired) electrons. The summed E-state index contributed by atoms with van der Waals surface area (Å²) in [7, 11) is -2.89. The Morgan fingerprint density at radius 1 is 1.43 bits per heavy atom. The van der Waals surface area contributed by atoms with Gasteiger partial charge in [0, 0.05) is 13.1 Å². The predicted octanol–water partition coefficient (Wildman–Crippen LogP) is 0.417. The molecule has 0 N–H and O–H groups in total. The van der Waals surface area contributed by atoms with Gasteiger partial charge >= 0.3 is 0 Å². The van der Waals surface area contributed by atoms with E-state index in [9.17, 15) is 13.2 Å². The summed E-state index contributed by atoms with van der Waals surface area (Å²) in [5.74, 6) is 0.201. The molecule has 0 aromatic carbocycles. The summed E-state index contributed by atoms with van der Waals surface area (Å²) in [4.78, 5) is 13.1. The third kappa shape index (κ3) is 2.95. The van der Waals surface area contributed by atoms with E-state index in [4.69, 9.17) is 0 Å². The Morgan fingerprint density at radius 2 is 1.93 bits per heavy atom. The summed E-state index contributed by atoms with van der Waals surface area (Å²) in [5.41, 5.74) is 0. The molecule has 1 aliphatic heterocycles. The lowest BCUT2D eigenvalue weighted by Crippen LogP contribution is -2.46. The molecule has 1 unspecified atom stereocenters. The highest BCUT2D eigenvalue weighted by atomic mass is 79.9. The SMILES string of the molecule is CCC(Br)C(=O)N1CCS(=O)(=O)CC1. The quantitative estimate of drug-likeness (QED) is 0.690. The number of amides is 1. The summed E-state index contributed by atoms with van der Waals surface area (Å²) in [6, 6.07) is 0. The average molecular weight is 284 g/mol. The number of sulfone groups is 1. The van der Waals surface area contributed by atoms with E-state index in [-0.39, 0.29) is 22.2 Å². The number of hydrogen-bond acceptors (Lipinski definition) is 3. The summed E-state index contributed by atoms with van der Waals surface area (Å²) in [6.07, 6.45) is 0.724. The van der Waals surface area contributed by atoms with E-state index in [1.165, 1.54) is 0 Å². The summed E-state index contributed by atoms with van der Waals surface area (Å²) < 4.78 is 22.2. The van der Waals surface area contributed by atoms with Crippen LogP contribution in [0, 0.1) is 0 Å². The van der Waals surface area contributed by atoms with Crippen molar-refractivity contribution in [1.82, 2.24) is 4.90 Å². The number of halogens is 1. The Morgan fingerprint density at radius 3 is 2.36 bits per heavy atom. The molecule has 6 heteroatoms. The molecule has 0 aliphatic carbocycles. The lowest BCUT2D eigenvalue weighted by atomic mass is 10.3. The zero-order valence-electron chi connectivity index (χ0n) is 8.07. The van der Waals surface area contributed by atoms with Crippen LogP contribution in [0.2, 0.25) is 0 Å². The van der Waals surface area contributed by atoms with E-state index in [2.05, 4.69) is 15.9 Å². The molecule has 1 saturated heterocycles. The van der Waals surface area contributed by atoms with Crippen LogP contribution < -0.4 is 0 Å². The van der Waals surface area contributed by atoms with E-state index in [1.54, 1.807) is 4.90 Å². The van der Waals surface area contributed by atoms with Gasteiger partial charge in [-0.1, -0.05) is 22.9 Å². The zero-order chi connectivity index (χ0) is 10.8. The Hall–Kier alpha value is -0.100. The van der Waals surface area contributed by atoms with Gasteiger partial charge in [0.2, 0.25) is 5.91 Å². The molecule has 1 rings (SSSR count). The van der Waals surface area contributed by atoms with Gasteiger partial charge in [-0.25, -0.2) is 8.42 Å². The Labute approximate surface area is 92.7 Å². The molecule has 1 heterocycles. The second-order valence-electron chi connectivity index (χ2n) is 3.35. The fourth-order valence-electron chi connectivity index (χ4n) is 1.31. The number of hydrogen-bond donors (Lipinski definition) is 0. The maximum absolute atomic E-state index is 11.6. The van der Waals surface area contributed by atoms with Crippen molar-refractivity contribution in [2.45, 2.75) is 18.2 Å². The lowest BCUT2D eigenvalue weighted by molar-refractivity contribution is -0.130. The standard InChI is InChI=1S/C8H14BrNO3S/c1-2-7(9)8(11)10-3-5-14(12,13)6-4-10/h7H,2-6H2,1H3. The molecule has 0 saturated carbocycles. The van der Waals surface area contributed by atoms with Crippen LogP contribution in [0.25, 0.3) is 0 Å². The topological polar surface area (TPSA) is 54.5 Å². The van der Waals surface area contributed by atoms with Gasteiger partial charge in [0.1, 0.15) is 0 Å². The highest BCUT2D eigenvalue weighted by Crippen LogP contribution is 2.12. The Balaban J connectivity index is 2.54. The summed E-state index contributed by atoms with van der Waals surface area (Å²) in [5, 5.41) is 0. The van der Waals surface area contributed by atoms with Gasteiger partial charge in [0.05, 0.1) is 16.3 Å². The van der Waals surface area contributed by atoms with Crippen LogP contribution in [-0.4, -0.2) is 48.6 Å². The van der Waals surface area contributed by atoms with Crippen LogP contribution in [0.1, 0.15) is 13.3 Å². The molecular weight excluding hydrogens is 270 g/mol. The lowest BCUT2D eigenvalue weighted by Gasteiger charge is -2.28. The molecule has 4 nitrogen and oxygen atoms in total. The highest BCUT2D eigenvalue weighted by Gasteiger charge is 2.27. The number of carbonyl (C=O) groups excluding carboxylic acids is 1. The third-order valence-corrected chi connectivity index (χ3v) is 4.93. The van der Waals surface area contributed by atoms with Crippen molar-refractivity contribution >= 4 is 31.7 Å². The minimum atomic E-state index is -2.89. The average Bonchev–Trinajstić information content (AvgIpc) is 2.15. The van der Waals surface area contributed by atoms with Crippen LogP contribution in [0.5, 0.6) is 0 Å². The Kier molecular flexibility index (Phi) is 3.94. The fraction of sp³-hybridized carbons (Fsp3) is 0.875. The van der Waals surface area contributed by atoms with Crippen molar-refractivity contribution in [2.24, 2.45) is 0 Å². The second kappa shape index (κ2) is 4.61. The maximum atomic E-state index is 11.6. The Bertz CT molecular complexity index is 301. The van der Waals surface area contributed by atoms with Crippen molar-refractivity contribution in [1.29, 1.82) is 0 Å². The first-order valence-corrected chi connectivity index (χ1v) is 7.33. The van der Waals surface area contributed by atoms with Gasteiger partial charge < -0.3 is 4.90 Å². The number of nitrogens with zero attached hydrogens (tertiary/aromatic N) is 1. The number of rotatable bonds is 2. The number of carbonyl (C=O) groups is 1. The monoisotopic (exact) mass is 283 g/mol. The van der Waals surface area contributed by atoms with E-state index in [0.29, 0.717) is 13.1 Å². The molecule has 1 amide bonds. The summed E-state index contributed by atoms with van der Waals surface area (Å²) in [6.45, 7) is 2.59. The van der Waals surface area contributed by atoms with E-state index >= 15 is 0 Å². The van der Waals surface area contributed by atoms with Gasteiger partial charge in [-0.3, -0.25) is 4.79 Å². The molecule has 1 fully saturated rings. The maximum Gasteiger partial charge on any atom is 0.236 e. The van der Waals surface area contributed by atoms with Crippen molar-refractivity contribution in [3.63, 3.8) is 0 Å². The predicted molar refractivity (Wildman–Crippen MR) is 58.2 cm³/mol. The molecule has 14 heavy (non-hydrogen) atoms. The van der Waals surface area contributed by atoms with Crippen molar-refractivity contribution in [2.75, 3.05) is 24.6 Å². The van der Waals surface area contributed by atoms with Gasteiger partial charge in [-0.2, -0.15) is 0 Å². The minimum Gasteiger partial charge on any atom is -0.340 e. The van der Waals surface area contributed by atoms with Crippen LogP contribution in [0.4, 0.5) is 0 Å². The van der Waals surface area contributed by atoms with Gasteiger partial charge in [-0.05, 0) is 6.42 Å². The normalized spacial score (nSPS) is 23.1. The molecule has 0 aromatic rings. The van der Waals surface area contributed by atoms with Crippen molar-refractivity contribution < 1.29 is 13.2 Å². The molecule has 0 bridgehead atoms. The van der Waals surface area contributed by atoms with Crippen LogP contribution in [-0.2, 0) is 14.6 Å². The molecule has 1 aliphatic rings. The first-order valence-electron chi connectivity index (χ1n) is 4.59. The van der Waals surface area contributed by atoms with E-state index < -0.39 is 9.84 Å². The van der Waals surface area contributed by atoms with Gasteiger partial charge in [0.25, 0.3) is 0 Å². The van der Waals surface area contributed by atoms with Gasteiger partial charge in [0.15, 0.2) is 9.84 Å². The molecular formula is C8H14BrNO3S. The zero-order valence-corrected chi connectivity index (χ0v) is 10.5. The summed E-state index contributed by atoms with van der Waals surface area (Å²) >= 11 is 3.27. The third-order valence-electron chi connectivity index (χ3n) is 2.28.